The van der Waals surface area contributed by atoms with Crippen LogP contribution < -0.4 is 0 Å². The second-order valence-corrected chi connectivity index (χ2v) is 8.10. The van der Waals surface area contributed by atoms with Crippen LogP contribution in [-0.4, -0.2) is 21.4 Å². The molecule has 1 fully saturated rings. The van der Waals surface area contributed by atoms with E-state index in [1.807, 2.05) is 84.9 Å². The summed E-state index contributed by atoms with van der Waals surface area (Å²) >= 11 is 6.07. The maximum Gasteiger partial charge on any atom is 0.162 e. The first-order valence-corrected chi connectivity index (χ1v) is 10.3. The molecule has 1 aliphatic rings. The first-order valence-electron chi connectivity index (χ1n) is 9.92. The van der Waals surface area contributed by atoms with E-state index >= 15 is 0 Å². The molecule has 5 heteroatoms. The van der Waals surface area contributed by atoms with Crippen LogP contribution in [0.3, 0.4) is 0 Å². The smallest absolute Gasteiger partial charge is 0.162 e. The molecule has 0 radical (unpaired) electrons. The van der Waals surface area contributed by atoms with Gasteiger partial charge < -0.3 is 0 Å². The molecule has 0 saturated heterocycles. The van der Waals surface area contributed by atoms with Gasteiger partial charge >= 0.3 is 0 Å². The quantitative estimate of drug-likeness (QED) is 0.394. The van der Waals surface area contributed by atoms with Gasteiger partial charge in [-0.1, -0.05) is 84.4 Å². The summed E-state index contributed by atoms with van der Waals surface area (Å²) in [6.45, 7) is 0. The molecule has 148 valence electrons. The molecule has 0 aliphatic heterocycles. The fraction of sp³-hybridized carbons (Fsp3) is 0.160. The van der Waals surface area contributed by atoms with Crippen LogP contribution in [0.4, 0.5) is 4.39 Å². The molecule has 5 rings (SSSR count). The van der Waals surface area contributed by atoms with Gasteiger partial charge in [0.05, 0.1) is 5.41 Å². The Hall–Kier alpha value is -3.11. The zero-order valence-electron chi connectivity index (χ0n) is 16.2. The van der Waals surface area contributed by atoms with Gasteiger partial charge in [0.25, 0.3) is 0 Å². The number of rotatable bonds is 4. The molecule has 3 aromatic carbocycles. The molecule has 1 aliphatic carbocycles. The Morgan fingerprint density at radius 3 is 1.87 bits per heavy atom. The van der Waals surface area contributed by atoms with Gasteiger partial charge in [0.1, 0.15) is 17.6 Å². The second-order valence-electron chi connectivity index (χ2n) is 7.66. The Morgan fingerprint density at radius 2 is 1.30 bits per heavy atom. The standard InChI is InChI=1S/C25H19ClFN3/c26-20-13-11-19(12-14-20)25(15-21(27)16-25)24-28-22(17-7-3-1-4-8-17)23(29-30-24)18-9-5-2-6-10-18/h1-14,21H,15-16H2/t21-,25-. The summed E-state index contributed by atoms with van der Waals surface area (Å²) < 4.78 is 14.1. The van der Waals surface area contributed by atoms with Crippen LogP contribution in [0.5, 0.6) is 0 Å². The minimum absolute atomic E-state index is 0.342. The second kappa shape index (κ2) is 7.62. The molecule has 3 nitrogen and oxygen atoms in total. The largest absolute Gasteiger partial charge is 0.247 e. The summed E-state index contributed by atoms with van der Waals surface area (Å²) in [6, 6.07) is 27.3. The summed E-state index contributed by atoms with van der Waals surface area (Å²) in [4.78, 5) is 4.97. The van der Waals surface area contributed by atoms with E-state index in [1.54, 1.807) is 0 Å². The molecule has 1 saturated carbocycles. The summed E-state index contributed by atoms with van der Waals surface area (Å²) in [5, 5.41) is 9.73. The van der Waals surface area contributed by atoms with Crippen molar-refractivity contribution in [2.24, 2.45) is 0 Å². The highest BCUT2D eigenvalue weighted by molar-refractivity contribution is 6.30. The third-order valence-corrected chi connectivity index (χ3v) is 6.00. The number of nitrogens with zero attached hydrogens (tertiary/aromatic N) is 3. The van der Waals surface area contributed by atoms with Gasteiger partial charge in [-0.3, -0.25) is 0 Å². The Bertz CT molecular complexity index is 1160. The Morgan fingerprint density at radius 1 is 0.733 bits per heavy atom. The molecule has 0 unspecified atom stereocenters. The Labute approximate surface area is 179 Å². The van der Waals surface area contributed by atoms with Gasteiger partial charge in [-0.15, -0.1) is 10.2 Å². The molecule has 0 N–H and O–H groups in total. The average molecular weight is 416 g/mol. The third-order valence-electron chi connectivity index (χ3n) is 5.75. The molecule has 4 aromatic rings. The summed E-state index contributed by atoms with van der Waals surface area (Å²) in [6.07, 6.45) is -0.192. The monoisotopic (exact) mass is 415 g/mol. The van der Waals surface area contributed by atoms with Crippen LogP contribution in [-0.2, 0) is 5.41 Å². The topological polar surface area (TPSA) is 38.7 Å². The first-order chi connectivity index (χ1) is 14.7. The van der Waals surface area contributed by atoms with Gasteiger partial charge in [-0.2, -0.15) is 0 Å². The van der Waals surface area contributed by atoms with E-state index in [0.29, 0.717) is 29.4 Å². The average Bonchev–Trinajstić information content (AvgIpc) is 2.78. The molecular formula is C25H19ClFN3. The van der Waals surface area contributed by atoms with Crippen molar-refractivity contribution < 1.29 is 4.39 Å². The maximum atomic E-state index is 14.1. The van der Waals surface area contributed by atoms with Crippen molar-refractivity contribution in [3.8, 4) is 22.5 Å². The number of alkyl halides is 1. The van der Waals surface area contributed by atoms with Crippen LogP contribution >= 0.6 is 11.6 Å². The maximum absolute atomic E-state index is 14.1. The molecule has 30 heavy (non-hydrogen) atoms. The molecule has 0 atom stereocenters. The van der Waals surface area contributed by atoms with Crippen molar-refractivity contribution in [2.45, 2.75) is 24.4 Å². The fourth-order valence-corrected chi connectivity index (χ4v) is 4.26. The normalized spacial score (nSPS) is 20.5. The molecule has 0 spiro atoms. The van der Waals surface area contributed by atoms with E-state index in [0.717, 1.165) is 22.4 Å². The van der Waals surface area contributed by atoms with E-state index in [9.17, 15) is 4.39 Å². The minimum Gasteiger partial charge on any atom is -0.247 e. The SMILES string of the molecule is F[C@H]1C[C@](c2ccc(Cl)cc2)(c2nnc(-c3ccccc3)c(-c3ccccc3)n2)C1. The lowest BCUT2D eigenvalue weighted by Crippen LogP contribution is -2.45. The number of halogens is 2. The number of aromatic nitrogens is 3. The number of benzene rings is 3. The van der Waals surface area contributed by atoms with E-state index < -0.39 is 11.6 Å². The summed E-state index contributed by atoms with van der Waals surface area (Å²) in [5.74, 6) is 0.553. The predicted octanol–water partition coefficient (Wildman–Crippen LogP) is 6.28. The Balaban J connectivity index is 1.69. The highest BCUT2D eigenvalue weighted by atomic mass is 35.5. The van der Waals surface area contributed by atoms with Crippen LogP contribution in [0, 0.1) is 0 Å². The van der Waals surface area contributed by atoms with E-state index in [4.69, 9.17) is 16.6 Å². The van der Waals surface area contributed by atoms with Crippen molar-refractivity contribution in [3.63, 3.8) is 0 Å². The van der Waals surface area contributed by atoms with Crippen LogP contribution in [0.2, 0.25) is 5.02 Å². The van der Waals surface area contributed by atoms with Crippen molar-refractivity contribution in [3.05, 3.63) is 101 Å². The van der Waals surface area contributed by atoms with Gasteiger partial charge in [-0.25, -0.2) is 9.37 Å². The molecule has 1 aromatic heterocycles. The third kappa shape index (κ3) is 3.27. The molecule has 0 amide bonds. The van der Waals surface area contributed by atoms with Gasteiger partial charge in [0.2, 0.25) is 0 Å². The summed E-state index contributed by atoms with van der Waals surface area (Å²) in [7, 11) is 0. The molecule has 1 heterocycles. The van der Waals surface area contributed by atoms with Crippen molar-refractivity contribution >= 4 is 11.6 Å². The fourth-order valence-electron chi connectivity index (χ4n) is 4.13. The van der Waals surface area contributed by atoms with Crippen LogP contribution in [0.25, 0.3) is 22.5 Å². The van der Waals surface area contributed by atoms with Crippen molar-refractivity contribution in [2.75, 3.05) is 0 Å². The summed E-state index contributed by atoms with van der Waals surface area (Å²) in [5.41, 5.74) is 3.75. The lowest BCUT2D eigenvalue weighted by atomic mass is 9.62. The van der Waals surface area contributed by atoms with Crippen molar-refractivity contribution in [1.82, 2.24) is 15.2 Å². The van der Waals surface area contributed by atoms with Crippen LogP contribution in [0.15, 0.2) is 84.9 Å². The first kappa shape index (κ1) is 18.9. The zero-order chi connectivity index (χ0) is 20.6. The molecule has 0 bridgehead atoms. The van der Waals surface area contributed by atoms with E-state index in [-0.39, 0.29) is 0 Å². The predicted molar refractivity (Wildman–Crippen MR) is 117 cm³/mol. The number of hydrogen-bond donors (Lipinski definition) is 0. The zero-order valence-corrected chi connectivity index (χ0v) is 16.9. The van der Waals surface area contributed by atoms with Gasteiger partial charge in [-0.05, 0) is 30.5 Å². The Kier molecular flexibility index (Phi) is 4.80. The van der Waals surface area contributed by atoms with Gasteiger partial charge in [0.15, 0.2) is 5.82 Å². The van der Waals surface area contributed by atoms with Crippen LogP contribution in [0.1, 0.15) is 24.2 Å². The highest BCUT2D eigenvalue weighted by Crippen LogP contribution is 2.49. The molecular weight excluding hydrogens is 397 g/mol. The lowest BCUT2D eigenvalue weighted by molar-refractivity contribution is 0.116. The number of hydrogen-bond acceptors (Lipinski definition) is 3. The van der Waals surface area contributed by atoms with E-state index in [1.165, 1.54) is 0 Å². The van der Waals surface area contributed by atoms with Gasteiger partial charge in [0, 0.05) is 16.1 Å². The van der Waals surface area contributed by atoms with E-state index in [2.05, 4.69) is 10.2 Å². The van der Waals surface area contributed by atoms with Crippen molar-refractivity contribution in [1.29, 1.82) is 0 Å². The highest BCUT2D eigenvalue weighted by Gasteiger charge is 2.50. The minimum atomic E-state index is -0.877. The lowest BCUT2D eigenvalue weighted by Gasteiger charge is -2.43.